The lowest BCUT2D eigenvalue weighted by molar-refractivity contribution is 0.729. The minimum Gasteiger partial charge on any atom is -0.357 e. The Morgan fingerprint density at radius 2 is 2.00 bits per heavy atom. The van der Waals surface area contributed by atoms with E-state index in [0.717, 1.165) is 25.6 Å². The van der Waals surface area contributed by atoms with Crippen molar-refractivity contribution in [2.24, 2.45) is 4.99 Å². The van der Waals surface area contributed by atoms with E-state index in [-0.39, 0.29) is 24.0 Å². The van der Waals surface area contributed by atoms with Gasteiger partial charge in [-0.1, -0.05) is 20.3 Å². The topological polar surface area (TPSA) is 36.4 Å². The average molecular weight is 359 g/mol. The minimum atomic E-state index is 0. The first-order valence-electron chi connectivity index (χ1n) is 5.79. The van der Waals surface area contributed by atoms with Crippen LogP contribution in [0.5, 0.6) is 0 Å². The van der Waals surface area contributed by atoms with Crippen molar-refractivity contribution in [3.8, 4) is 0 Å². The number of hydrogen-bond acceptors (Lipinski definition) is 2. The van der Waals surface area contributed by atoms with Gasteiger partial charge in [0.2, 0.25) is 0 Å². The Morgan fingerprint density at radius 1 is 1.31 bits per heavy atom. The molecule has 16 heavy (non-hydrogen) atoms. The van der Waals surface area contributed by atoms with Crippen LogP contribution in [0, 0.1) is 0 Å². The fourth-order valence-electron chi connectivity index (χ4n) is 1.02. The van der Waals surface area contributed by atoms with Crippen molar-refractivity contribution in [2.45, 2.75) is 38.9 Å². The fourth-order valence-corrected chi connectivity index (χ4v) is 1.24. The predicted molar refractivity (Wildman–Crippen MR) is 87.3 cm³/mol. The summed E-state index contributed by atoms with van der Waals surface area (Å²) >= 11 is 1.85. The molecule has 0 spiro atoms. The number of unbranched alkanes of at least 4 members (excludes halogenated alkanes) is 1. The van der Waals surface area contributed by atoms with Gasteiger partial charge in [0.1, 0.15) is 0 Å². The molecule has 0 aliphatic rings. The van der Waals surface area contributed by atoms with Crippen molar-refractivity contribution < 1.29 is 0 Å². The van der Waals surface area contributed by atoms with Crippen LogP contribution < -0.4 is 10.6 Å². The molecule has 0 aliphatic heterocycles. The molecule has 0 saturated carbocycles. The third kappa shape index (κ3) is 10.9. The molecule has 0 amide bonds. The quantitative estimate of drug-likeness (QED) is 0.318. The summed E-state index contributed by atoms with van der Waals surface area (Å²) in [5, 5.41) is 7.17. The van der Waals surface area contributed by atoms with Crippen LogP contribution in [0.2, 0.25) is 0 Å². The van der Waals surface area contributed by atoms with Crippen LogP contribution in [0.4, 0.5) is 0 Å². The zero-order chi connectivity index (χ0) is 11.5. The van der Waals surface area contributed by atoms with E-state index in [9.17, 15) is 0 Å². The standard InChI is InChI=1S/C11H25N3S.HI/c1-5-7-8-13-11(12-6-2)14-9-10(3)15-4;/h10H,5-9H2,1-4H3,(H2,12,13,14);1H. The van der Waals surface area contributed by atoms with E-state index < -0.39 is 0 Å². The molecule has 0 saturated heterocycles. The van der Waals surface area contributed by atoms with Crippen molar-refractivity contribution >= 4 is 41.7 Å². The summed E-state index contributed by atoms with van der Waals surface area (Å²) in [6.07, 6.45) is 4.54. The molecule has 0 aromatic rings. The Morgan fingerprint density at radius 3 is 2.50 bits per heavy atom. The second-order valence-electron chi connectivity index (χ2n) is 3.55. The number of hydrogen-bond donors (Lipinski definition) is 2. The largest absolute Gasteiger partial charge is 0.357 e. The van der Waals surface area contributed by atoms with Gasteiger partial charge in [0, 0.05) is 18.3 Å². The number of guanidine groups is 1. The summed E-state index contributed by atoms with van der Waals surface area (Å²) in [5.41, 5.74) is 0. The summed E-state index contributed by atoms with van der Waals surface area (Å²) < 4.78 is 0. The van der Waals surface area contributed by atoms with Crippen LogP contribution in [0.15, 0.2) is 4.99 Å². The number of rotatable bonds is 7. The SMILES string of the molecule is CCCCNC(=NCC(C)SC)NCC.I. The highest BCUT2D eigenvalue weighted by Crippen LogP contribution is 2.04. The molecular weight excluding hydrogens is 333 g/mol. The van der Waals surface area contributed by atoms with Crippen molar-refractivity contribution in [2.75, 3.05) is 25.9 Å². The molecule has 5 heteroatoms. The van der Waals surface area contributed by atoms with E-state index >= 15 is 0 Å². The molecule has 0 rings (SSSR count). The maximum Gasteiger partial charge on any atom is 0.191 e. The lowest BCUT2D eigenvalue weighted by Gasteiger charge is -2.12. The number of nitrogens with one attached hydrogen (secondary N) is 2. The van der Waals surface area contributed by atoms with Crippen LogP contribution in [-0.4, -0.2) is 37.1 Å². The molecule has 0 aromatic carbocycles. The highest BCUT2D eigenvalue weighted by molar-refractivity contribution is 14.0. The van der Waals surface area contributed by atoms with Gasteiger partial charge < -0.3 is 10.6 Å². The van der Waals surface area contributed by atoms with Crippen LogP contribution in [0.25, 0.3) is 0 Å². The normalized spacial score (nSPS) is 12.9. The zero-order valence-corrected chi connectivity index (χ0v) is 14.0. The second kappa shape index (κ2) is 13.4. The van der Waals surface area contributed by atoms with Crippen LogP contribution in [0.1, 0.15) is 33.6 Å². The van der Waals surface area contributed by atoms with Crippen LogP contribution >= 0.6 is 35.7 Å². The minimum absolute atomic E-state index is 0. The average Bonchev–Trinajstić information content (AvgIpc) is 2.25. The number of aliphatic imine (C=N–C) groups is 1. The van der Waals surface area contributed by atoms with Gasteiger partial charge in [0.15, 0.2) is 5.96 Å². The van der Waals surface area contributed by atoms with Crippen LogP contribution in [0.3, 0.4) is 0 Å². The lowest BCUT2D eigenvalue weighted by Crippen LogP contribution is -2.38. The second-order valence-corrected chi connectivity index (χ2v) is 4.82. The Kier molecular flexibility index (Phi) is 15.7. The van der Waals surface area contributed by atoms with E-state index in [1.807, 2.05) is 11.8 Å². The number of halogens is 1. The van der Waals surface area contributed by atoms with E-state index in [1.165, 1.54) is 12.8 Å². The molecule has 3 nitrogen and oxygen atoms in total. The first-order chi connectivity index (χ1) is 7.24. The maximum absolute atomic E-state index is 4.53. The van der Waals surface area contributed by atoms with Gasteiger partial charge in [-0.05, 0) is 19.6 Å². The summed E-state index contributed by atoms with van der Waals surface area (Å²) in [4.78, 5) is 4.53. The van der Waals surface area contributed by atoms with Gasteiger partial charge in [-0.15, -0.1) is 24.0 Å². The maximum atomic E-state index is 4.53. The third-order valence-electron chi connectivity index (χ3n) is 2.08. The predicted octanol–water partition coefficient (Wildman–Crippen LogP) is 2.71. The highest BCUT2D eigenvalue weighted by Gasteiger charge is 1.99. The molecule has 0 radical (unpaired) electrons. The molecule has 1 unspecified atom stereocenters. The number of nitrogens with zero attached hydrogens (tertiary/aromatic N) is 1. The first kappa shape index (κ1) is 18.7. The Labute approximate surface area is 122 Å². The van der Waals surface area contributed by atoms with Crippen molar-refractivity contribution in [3.05, 3.63) is 0 Å². The summed E-state index contributed by atoms with van der Waals surface area (Å²) in [6.45, 7) is 9.30. The number of thioether (sulfide) groups is 1. The molecule has 0 heterocycles. The van der Waals surface area contributed by atoms with E-state index in [0.29, 0.717) is 5.25 Å². The summed E-state index contributed by atoms with van der Waals surface area (Å²) in [7, 11) is 0. The molecule has 0 bridgehead atoms. The van der Waals surface area contributed by atoms with E-state index in [1.54, 1.807) is 0 Å². The lowest BCUT2D eigenvalue weighted by atomic mass is 10.3. The van der Waals surface area contributed by atoms with E-state index in [4.69, 9.17) is 0 Å². The summed E-state index contributed by atoms with van der Waals surface area (Å²) in [6, 6.07) is 0. The molecule has 1 atom stereocenters. The third-order valence-corrected chi connectivity index (χ3v) is 3.03. The smallest absolute Gasteiger partial charge is 0.191 e. The Bertz CT molecular complexity index is 177. The fraction of sp³-hybridized carbons (Fsp3) is 0.909. The molecule has 0 aliphatic carbocycles. The summed E-state index contributed by atoms with van der Waals surface area (Å²) in [5.74, 6) is 0.951. The van der Waals surface area contributed by atoms with Gasteiger partial charge in [0.25, 0.3) is 0 Å². The van der Waals surface area contributed by atoms with Crippen LogP contribution in [-0.2, 0) is 0 Å². The molecular formula is C11H26IN3S. The van der Waals surface area contributed by atoms with Gasteiger partial charge in [-0.2, -0.15) is 11.8 Å². The molecule has 0 fully saturated rings. The zero-order valence-electron chi connectivity index (χ0n) is 10.9. The monoisotopic (exact) mass is 359 g/mol. The van der Waals surface area contributed by atoms with Gasteiger partial charge >= 0.3 is 0 Å². The molecule has 2 N–H and O–H groups in total. The molecule has 0 aromatic heterocycles. The first-order valence-corrected chi connectivity index (χ1v) is 7.08. The Balaban J connectivity index is 0. The van der Waals surface area contributed by atoms with Crippen molar-refractivity contribution in [1.29, 1.82) is 0 Å². The molecule has 98 valence electrons. The van der Waals surface area contributed by atoms with Gasteiger partial charge in [0.05, 0.1) is 6.54 Å². The van der Waals surface area contributed by atoms with Gasteiger partial charge in [-0.3, -0.25) is 4.99 Å². The van der Waals surface area contributed by atoms with E-state index in [2.05, 4.69) is 42.7 Å². The Hall–Kier alpha value is 0.350. The van der Waals surface area contributed by atoms with Crippen molar-refractivity contribution in [3.63, 3.8) is 0 Å². The van der Waals surface area contributed by atoms with Crippen molar-refractivity contribution in [1.82, 2.24) is 10.6 Å². The highest BCUT2D eigenvalue weighted by atomic mass is 127. The van der Waals surface area contributed by atoms with Gasteiger partial charge in [-0.25, -0.2) is 0 Å².